The lowest BCUT2D eigenvalue weighted by Gasteiger charge is -2.31. The van der Waals surface area contributed by atoms with Crippen molar-refractivity contribution in [2.75, 3.05) is 25.6 Å². The lowest BCUT2D eigenvalue weighted by Crippen LogP contribution is -2.33. The third kappa shape index (κ3) is 5.20. The summed E-state index contributed by atoms with van der Waals surface area (Å²) >= 11 is 0. The van der Waals surface area contributed by atoms with Crippen molar-refractivity contribution in [3.05, 3.63) is 42.2 Å². The summed E-state index contributed by atoms with van der Waals surface area (Å²) in [5.74, 6) is 1.69. The average Bonchev–Trinajstić information content (AvgIpc) is 3.51. The first-order valence-corrected chi connectivity index (χ1v) is 12.3. The molecule has 1 aromatic carbocycles. The molecule has 158 valence electrons. The van der Waals surface area contributed by atoms with Crippen molar-refractivity contribution >= 4 is 9.84 Å². The highest BCUT2D eigenvalue weighted by molar-refractivity contribution is 7.92. The van der Waals surface area contributed by atoms with Gasteiger partial charge in [0.25, 0.3) is 0 Å². The van der Waals surface area contributed by atoms with Gasteiger partial charge < -0.3 is 9.47 Å². The highest BCUT2D eigenvalue weighted by Gasteiger charge is 2.36. The number of hydrogen-bond acceptors (Lipinski definition) is 5. The molecule has 7 heteroatoms. The zero-order valence-corrected chi connectivity index (χ0v) is 17.8. The Morgan fingerprint density at radius 1 is 1.17 bits per heavy atom. The van der Waals surface area contributed by atoms with Gasteiger partial charge in [-0.2, -0.15) is 5.10 Å². The van der Waals surface area contributed by atoms with E-state index in [-0.39, 0.29) is 11.2 Å². The molecule has 1 unspecified atom stereocenters. The Morgan fingerprint density at radius 3 is 2.66 bits per heavy atom. The maximum Gasteiger partial charge on any atom is 0.153 e. The maximum absolute atomic E-state index is 12.2. The van der Waals surface area contributed by atoms with E-state index < -0.39 is 9.84 Å². The summed E-state index contributed by atoms with van der Waals surface area (Å²) in [6, 6.07) is 7.91. The van der Waals surface area contributed by atoms with Gasteiger partial charge in [0, 0.05) is 18.7 Å². The minimum Gasteiger partial charge on any atom is -0.493 e. The highest BCUT2D eigenvalue weighted by atomic mass is 32.2. The third-order valence-corrected chi connectivity index (χ3v) is 8.34. The molecule has 2 aromatic rings. The number of ether oxygens (including phenoxy) is 2. The van der Waals surface area contributed by atoms with E-state index in [4.69, 9.17) is 9.47 Å². The fourth-order valence-electron chi connectivity index (χ4n) is 3.90. The molecule has 29 heavy (non-hydrogen) atoms. The fourth-order valence-corrected chi connectivity index (χ4v) is 5.72. The van der Waals surface area contributed by atoms with E-state index in [2.05, 4.69) is 12.0 Å². The first kappa shape index (κ1) is 20.4. The Balaban J connectivity index is 1.31. The van der Waals surface area contributed by atoms with Crippen molar-refractivity contribution in [2.45, 2.75) is 44.3 Å². The van der Waals surface area contributed by atoms with E-state index in [9.17, 15) is 8.42 Å². The van der Waals surface area contributed by atoms with Crippen LogP contribution < -0.4 is 4.74 Å². The van der Waals surface area contributed by atoms with Crippen LogP contribution in [0.3, 0.4) is 0 Å². The van der Waals surface area contributed by atoms with Gasteiger partial charge in [-0.1, -0.05) is 6.92 Å². The van der Waals surface area contributed by atoms with Crippen molar-refractivity contribution in [1.82, 2.24) is 9.78 Å². The van der Waals surface area contributed by atoms with Crippen molar-refractivity contribution in [2.24, 2.45) is 11.8 Å². The smallest absolute Gasteiger partial charge is 0.153 e. The standard InChI is InChI=1S/C22H30N2O4S/c1-2-17-13-23-24(14-17)20-3-5-21(6-4-20)28-16-19-15-27-11-9-18(19)10-12-29(25,26)22-7-8-22/h3-6,13-14,18-19,22H,2,7-12,15-16H2,1H3/t18?,19-/m1/s1. The van der Waals surface area contributed by atoms with Gasteiger partial charge in [0.1, 0.15) is 5.75 Å². The third-order valence-electron chi connectivity index (χ3n) is 6.05. The molecule has 1 saturated carbocycles. The highest BCUT2D eigenvalue weighted by Crippen LogP contribution is 2.32. The van der Waals surface area contributed by atoms with Crippen molar-refractivity contribution in [1.29, 1.82) is 0 Å². The van der Waals surface area contributed by atoms with E-state index in [1.807, 2.05) is 41.3 Å². The molecule has 1 saturated heterocycles. The van der Waals surface area contributed by atoms with Crippen LogP contribution in [0.2, 0.25) is 0 Å². The fraction of sp³-hybridized carbons (Fsp3) is 0.591. The average molecular weight is 419 g/mol. The Hall–Kier alpha value is -1.86. The zero-order chi connectivity index (χ0) is 20.3. The second kappa shape index (κ2) is 8.88. The van der Waals surface area contributed by atoms with Crippen LogP contribution in [0, 0.1) is 11.8 Å². The van der Waals surface area contributed by atoms with Crippen LogP contribution in [-0.2, 0) is 21.0 Å². The number of aryl methyl sites for hydroxylation is 1. The minimum atomic E-state index is -2.90. The van der Waals surface area contributed by atoms with Gasteiger partial charge in [-0.15, -0.1) is 0 Å². The Kier molecular flexibility index (Phi) is 6.25. The molecule has 0 spiro atoms. The molecule has 0 N–H and O–H groups in total. The van der Waals surface area contributed by atoms with Crippen LogP contribution in [0.5, 0.6) is 5.75 Å². The van der Waals surface area contributed by atoms with Crippen molar-refractivity contribution in [3.8, 4) is 11.4 Å². The first-order chi connectivity index (χ1) is 14.0. The van der Waals surface area contributed by atoms with E-state index >= 15 is 0 Å². The molecule has 2 fully saturated rings. The van der Waals surface area contributed by atoms with E-state index in [0.717, 1.165) is 37.1 Å². The summed E-state index contributed by atoms with van der Waals surface area (Å²) in [7, 11) is -2.90. The lowest BCUT2D eigenvalue weighted by molar-refractivity contribution is -0.00317. The van der Waals surface area contributed by atoms with Crippen LogP contribution in [0.1, 0.15) is 38.2 Å². The van der Waals surface area contributed by atoms with Crippen molar-refractivity contribution in [3.63, 3.8) is 0 Å². The number of aromatic nitrogens is 2. The molecule has 4 rings (SSSR count). The van der Waals surface area contributed by atoms with Gasteiger partial charge >= 0.3 is 0 Å². The van der Waals surface area contributed by atoms with Gasteiger partial charge in [-0.25, -0.2) is 13.1 Å². The van der Waals surface area contributed by atoms with Gasteiger partial charge in [-0.05, 0) is 67.9 Å². The zero-order valence-electron chi connectivity index (χ0n) is 17.0. The van der Waals surface area contributed by atoms with E-state index in [0.29, 0.717) is 37.9 Å². The number of rotatable bonds is 9. The first-order valence-electron chi connectivity index (χ1n) is 10.6. The van der Waals surface area contributed by atoms with Crippen LogP contribution in [0.4, 0.5) is 0 Å². The summed E-state index contributed by atoms with van der Waals surface area (Å²) in [5, 5.41) is 4.31. The Morgan fingerprint density at radius 2 is 1.97 bits per heavy atom. The van der Waals surface area contributed by atoms with Crippen LogP contribution in [-0.4, -0.2) is 49.0 Å². The number of hydrogen-bond donors (Lipinski definition) is 0. The van der Waals surface area contributed by atoms with Gasteiger partial charge in [0.2, 0.25) is 0 Å². The second-order valence-corrected chi connectivity index (χ2v) is 10.6. The molecule has 1 aliphatic heterocycles. The molecular formula is C22H30N2O4S. The summed E-state index contributed by atoms with van der Waals surface area (Å²) in [6.07, 6.45) is 8.20. The molecule has 1 aliphatic carbocycles. The SMILES string of the molecule is CCc1cnn(-c2ccc(OC[C@H]3COCCC3CCS(=O)(=O)C3CC3)cc2)c1. The molecule has 2 aliphatic rings. The van der Waals surface area contributed by atoms with Crippen LogP contribution in [0.15, 0.2) is 36.7 Å². The second-order valence-electron chi connectivity index (χ2n) is 8.19. The molecular weight excluding hydrogens is 388 g/mol. The summed E-state index contributed by atoms with van der Waals surface area (Å²) in [4.78, 5) is 0. The number of nitrogens with zero attached hydrogens (tertiary/aromatic N) is 2. The van der Waals surface area contributed by atoms with Crippen molar-refractivity contribution < 1.29 is 17.9 Å². The molecule has 6 nitrogen and oxygen atoms in total. The number of benzene rings is 1. The monoisotopic (exact) mass is 418 g/mol. The van der Waals surface area contributed by atoms with Gasteiger partial charge in [0.05, 0.1) is 36.1 Å². The van der Waals surface area contributed by atoms with Crippen LogP contribution >= 0.6 is 0 Å². The molecule has 2 heterocycles. The lowest BCUT2D eigenvalue weighted by atomic mass is 9.87. The summed E-state index contributed by atoms with van der Waals surface area (Å²) < 4.78 is 38.0. The van der Waals surface area contributed by atoms with E-state index in [1.165, 1.54) is 5.56 Å². The van der Waals surface area contributed by atoms with Gasteiger partial charge in [0.15, 0.2) is 9.84 Å². The summed E-state index contributed by atoms with van der Waals surface area (Å²) in [5.41, 5.74) is 2.21. The Labute approximate surface area is 173 Å². The predicted octanol–water partition coefficient (Wildman–Crippen LogP) is 3.43. The molecule has 0 radical (unpaired) electrons. The van der Waals surface area contributed by atoms with Gasteiger partial charge in [-0.3, -0.25) is 0 Å². The summed E-state index contributed by atoms with van der Waals surface area (Å²) in [6.45, 7) is 4.01. The molecule has 2 atom stereocenters. The number of sulfone groups is 1. The molecule has 0 amide bonds. The molecule has 0 bridgehead atoms. The van der Waals surface area contributed by atoms with Crippen LogP contribution in [0.25, 0.3) is 5.69 Å². The largest absolute Gasteiger partial charge is 0.493 e. The normalized spacial score (nSPS) is 22.5. The predicted molar refractivity (Wildman–Crippen MR) is 112 cm³/mol. The topological polar surface area (TPSA) is 70.4 Å². The van der Waals surface area contributed by atoms with E-state index in [1.54, 1.807) is 0 Å². The molecule has 1 aromatic heterocycles. The quantitative estimate of drug-likeness (QED) is 0.624. The maximum atomic E-state index is 12.2. The minimum absolute atomic E-state index is 0.0706. The Bertz CT molecular complexity index is 903.